The molecule has 5 nitrogen and oxygen atoms in total. The average Bonchev–Trinajstić information content (AvgIpc) is 2.68. The van der Waals surface area contributed by atoms with Crippen LogP contribution in [0.15, 0.2) is 18.5 Å². The van der Waals surface area contributed by atoms with Crippen LogP contribution in [0.4, 0.5) is 0 Å². The summed E-state index contributed by atoms with van der Waals surface area (Å²) in [4.78, 5) is 4.26. The molecule has 0 fully saturated rings. The fourth-order valence-electron chi connectivity index (χ4n) is 1.61. The zero-order valence-electron chi connectivity index (χ0n) is 11.3. The number of aryl methyl sites for hydroxylation is 1. The maximum atomic E-state index is 4.26. The van der Waals surface area contributed by atoms with Gasteiger partial charge in [0.15, 0.2) is 5.82 Å². The molecule has 0 bridgehead atoms. The lowest BCUT2D eigenvalue weighted by atomic mass is 10.3. The van der Waals surface area contributed by atoms with Crippen molar-refractivity contribution in [2.45, 2.75) is 40.3 Å². The minimum Gasteiger partial charge on any atom is -0.309 e. The molecular weight excluding hydrogens is 226 g/mol. The Labute approximate surface area is 107 Å². The number of nitrogens with one attached hydrogen (secondary N) is 1. The number of hydrogen-bond donors (Lipinski definition) is 1. The minimum absolute atomic E-state index is 0.449. The van der Waals surface area contributed by atoms with Crippen LogP contribution in [0, 0.1) is 13.8 Å². The van der Waals surface area contributed by atoms with Crippen LogP contribution in [-0.4, -0.2) is 25.8 Å². The quantitative estimate of drug-likeness (QED) is 0.892. The minimum atomic E-state index is 0.449. The normalized spacial score (nSPS) is 11.2. The second-order valence-corrected chi connectivity index (χ2v) is 4.70. The van der Waals surface area contributed by atoms with Crippen molar-refractivity contribution in [3.05, 3.63) is 35.5 Å². The van der Waals surface area contributed by atoms with Gasteiger partial charge in [-0.05, 0) is 26.0 Å². The maximum absolute atomic E-state index is 4.26. The predicted octanol–water partition coefficient (Wildman–Crippen LogP) is 1.78. The van der Waals surface area contributed by atoms with Crippen LogP contribution in [0.5, 0.6) is 0 Å². The summed E-state index contributed by atoms with van der Waals surface area (Å²) >= 11 is 0. The highest BCUT2D eigenvalue weighted by Gasteiger charge is 2.06. The van der Waals surface area contributed by atoms with Crippen LogP contribution in [0.25, 0.3) is 5.82 Å². The molecule has 18 heavy (non-hydrogen) atoms. The molecule has 0 radical (unpaired) electrons. The van der Waals surface area contributed by atoms with Crippen LogP contribution in [0.3, 0.4) is 0 Å². The molecule has 0 amide bonds. The number of rotatable bonds is 4. The SMILES string of the molecule is Cc1ncn(-c2ccc(CNC(C)C)nn2)c1C. The molecule has 1 N–H and O–H groups in total. The molecule has 0 atom stereocenters. The Hall–Kier alpha value is -1.75. The predicted molar refractivity (Wildman–Crippen MR) is 70.6 cm³/mol. The van der Waals surface area contributed by atoms with E-state index in [1.165, 1.54) is 0 Å². The van der Waals surface area contributed by atoms with Gasteiger partial charge in [0.2, 0.25) is 0 Å². The Balaban J connectivity index is 2.15. The van der Waals surface area contributed by atoms with Crippen LogP contribution >= 0.6 is 0 Å². The van der Waals surface area contributed by atoms with Gasteiger partial charge in [-0.1, -0.05) is 13.8 Å². The average molecular weight is 245 g/mol. The molecule has 0 aliphatic rings. The third-order valence-corrected chi connectivity index (χ3v) is 2.90. The zero-order valence-corrected chi connectivity index (χ0v) is 11.3. The van der Waals surface area contributed by atoms with Crippen LogP contribution in [0.1, 0.15) is 30.9 Å². The van der Waals surface area contributed by atoms with Gasteiger partial charge in [-0.3, -0.25) is 4.57 Å². The summed E-state index contributed by atoms with van der Waals surface area (Å²) in [5.41, 5.74) is 3.06. The Kier molecular flexibility index (Phi) is 3.72. The number of hydrogen-bond acceptors (Lipinski definition) is 4. The lowest BCUT2D eigenvalue weighted by Gasteiger charge is -2.08. The molecule has 0 spiro atoms. The second-order valence-electron chi connectivity index (χ2n) is 4.70. The van der Waals surface area contributed by atoms with E-state index in [1.54, 1.807) is 6.33 Å². The summed E-state index contributed by atoms with van der Waals surface area (Å²) in [5, 5.41) is 11.8. The molecule has 0 saturated heterocycles. The summed E-state index contributed by atoms with van der Waals surface area (Å²) in [6.07, 6.45) is 1.78. The summed E-state index contributed by atoms with van der Waals surface area (Å²) < 4.78 is 1.95. The molecule has 2 heterocycles. The Morgan fingerprint density at radius 1 is 1.22 bits per heavy atom. The van der Waals surface area contributed by atoms with Gasteiger partial charge in [-0.15, -0.1) is 5.10 Å². The molecule has 2 aromatic heterocycles. The monoisotopic (exact) mass is 245 g/mol. The molecular formula is C13H19N5. The Bertz CT molecular complexity index is 513. The number of nitrogens with zero attached hydrogens (tertiary/aromatic N) is 4. The molecule has 0 saturated carbocycles. The second kappa shape index (κ2) is 5.27. The van der Waals surface area contributed by atoms with Gasteiger partial charge in [0.05, 0.1) is 11.4 Å². The van der Waals surface area contributed by atoms with Gasteiger partial charge >= 0.3 is 0 Å². The molecule has 0 aliphatic heterocycles. The van der Waals surface area contributed by atoms with E-state index < -0.39 is 0 Å². The van der Waals surface area contributed by atoms with Gasteiger partial charge in [-0.25, -0.2) is 4.98 Å². The topological polar surface area (TPSA) is 55.6 Å². The van der Waals surface area contributed by atoms with E-state index in [2.05, 4.69) is 34.3 Å². The first-order chi connectivity index (χ1) is 8.58. The fraction of sp³-hybridized carbons (Fsp3) is 0.462. The van der Waals surface area contributed by atoms with Crippen LogP contribution < -0.4 is 5.32 Å². The summed E-state index contributed by atoms with van der Waals surface area (Å²) in [5.74, 6) is 0.807. The summed E-state index contributed by atoms with van der Waals surface area (Å²) in [7, 11) is 0. The van der Waals surface area contributed by atoms with Gasteiger partial charge in [0, 0.05) is 18.3 Å². The molecule has 2 aromatic rings. The van der Waals surface area contributed by atoms with Crippen LogP contribution in [0.2, 0.25) is 0 Å². The molecule has 5 heteroatoms. The smallest absolute Gasteiger partial charge is 0.160 e. The number of imidazole rings is 1. The lowest BCUT2D eigenvalue weighted by Crippen LogP contribution is -2.22. The first kappa shape index (κ1) is 12.7. The molecule has 0 unspecified atom stereocenters. The Morgan fingerprint density at radius 3 is 2.50 bits per heavy atom. The zero-order chi connectivity index (χ0) is 13.1. The van der Waals surface area contributed by atoms with E-state index in [4.69, 9.17) is 0 Å². The lowest BCUT2D eigenvalue weighted by molar-refractivity contribution is 0.577. The van der Waals surface area contributed by atoms with Crippen molar-refractivity contribution in [3.63, 3.8) is 0 Å². The fourth-order valence-corrected chi connectivity index (χ4v) is 1.61. The van der Waals surface area contributed by atoms with Crippen molar-refractivity contribution in [2.75, 3.05) is 0 Å². The maximum Gasteiger partial charge on any atom is 0.160 e. The third kappa shape index (κ3) is 2.73. The van der Waals surface area contributed by atoms with Crippen molar-refractivity contribution in [1.29, 1.82) is 0 Å². The van der Waals surface area contributed by atoms with E-state index in [0.29, 0.717) is 6.04 Å². The molecule has 0 aliphatic carbocycles. The largest absolute Gasteiger partial charge is 0.309 e. The first-order valence-corrected chi connectivity index (χ1v) is 6.15. The van der Waals surface area contributed by atoms with Crippen molar-refractivity contribution in [2.24, 2.45) is 0 Å². The van der Waals surface area contributed by atoms with Crippen molar-refractivity contribution >= 4 is 0 Å². The van der Waals surface area contributed by atoms with E-state index in [1.807, 2.05) is 30.5 Å². The van der Waals surface area contributed by atoms with Crippen LogP contribution in [-0.2, 0) is 6.54 Å². The van der Waals surface area contributed by atoms with Crippen molar-refractivity contribution < 1.29 is 0 Å². The van der Waals surface area contributed by atoms with E-state index in [-0.39, 0.29) is 0 Å². The summed E-state index contributed by atoms with van der Waals surface area (Å²) in [6, 6.07) is 4.41. The highest BCUT2D eigenvalue weighted by Crippen LogP contribution is 2.10. The molecule has 96 valence electrons. The standard InChI is InChI=1S/C13H19N5/c1-9(2)14-7-12-5-6-13(17-16-12)18-8-15-10(3)11(18)4/h5-6,8-9,14H,7H2,1-4H3. The van der Waals surface area contributed by atoms with Gasteiger partial charge in [0.25, 0.3) is 0 Å². The first-order valence-electron chi connectivity index (χ1n) is 6.15. The Morgan fingerprint density at radius 2 is 2.00 bits per heavy atom. The van der Waals surface area contributed by atoms with Gasteiger partial charge < -0.3 is 5.32 Å². The summed E-state index contributed by atoms with van der Waals surface area (Å²) in [6.45, 7) is 8.98. The third-order valence-electron chi connectivity index (χ3n) is 2.90. The van der Waals surface area contributed by atoms with E-state index in [0.717, 1.165) is 29.4 Å². The number of aromatic nitrogens is 4. The van der Waals surface area contributed by atoms with Crippen molar-refractivity contribution in [1.82, 2.24) is 25.1 Å². The van der Waals surface area contributed by atoms with E-state index >= 15 is 0 Å². The van der Waals surface area contributed by atoms with E-state index in [9.17, 15) is 0 Å². The molecule has 0 aromatic carbocycles. The van der Waals surface area contributed by atoms with Gasteiger partial charge in [0.1, 0.15) is 6.33 Å². The van der Waals surface area contributed by atoms with Crippen molar-refractivity contribution in [3.8, 4) is 5.82 Å². The highest BCUT2D eigenvalue weighted by molar-refractivity contribution is 5.27. The van der Waals surface area contributed by atoms with Gasteiger partial charge in [-0.2, -0.15) is 5.10 Å². The highest BCUT2D eigenvalue weighted by atomic mass is 15.2. The molecule has 2 rings (SSSR count).